The van der Waals surface area contributed by atoms with Crippen LogP contribution in [0.1, 0.15) is 172 Å². The number of carboxylic acid groups (broad SMARTS) is 1. The predicted octanol–water partition coefficient (Wildman–Crippen LogP) is 12.1. The summed E-state index contributed by atoms with van der Waals surface area (Å²) in [6.07, 6.45) is 18.8. The zero-order valence-electron chi connectivity index (χ0n) is 59.1. The van der Waals surface area contributed by atoms with E-state index in [2.05, 4.69) is 51.3 Å². The molecule has 5 fully saturated rings. The van der Waals surface area contributed by atoms with E-state index in [-0.39, 0.29) is 87.3 Å². The lowest BCUT2D eigenvalue weighted by molar-refractivity contribution is -0.203. The van der Waals surface area contributed by atoms with Crippen molar-refractivity contribution in [1.82, 2.24) is 30.4 Å². The lowest BCUT2D eigenvalue weighted by atomic mass is 9.91. The number of hydrogen-bond donors (Lipinski definition) is 3. The van der Waals surface area contributed by atoms with Crippen LogP contribution in [0.3, 0.4) is 0 Å². The molecule has 100 heavy (non-hydrogen) atoms. The Labute approximate surface area is 599 Å². The number of aromatic nitrogens is 2. The normalized spacial score (nSPS) is 21.1. The second kappa shape index (κ2) is 42.0. The number of carbonyl (C=O) groups excluding carboxylic acids is 6. The SMILES string of the molecule is C.CCCCCCCC(C(=O)O[C@@H]1CCN([C@@H]2CCCC[C@H]2OCCc2ccc(OC)c(OC)c2)C1)C(=O)ON1C(=O)CCC1=O.COc1ccc(CCO[C@@H]2CCCC[C@H]2N2CC[C@@H](OC(=O)CCSSC[C@H](C(=O)N[C@@H](Cc3ccc(-c4ccn[nH]4)cc3)C(=O)O)C(C)C)C2)cc1C. The van der Waals surface area contributed by atoms with Crippen LogP contribution in [-0.2, 0) is 76.6 Å². The Morgan fingerprint density at radius 2 is 1.26 bits per heavy atom. The van der Waals surface area contributed by atoms with Crippen molar-refractivity contribution < 1.29 is 76.7 Å². The van der Waals surface area contributed by atoms with Crippen molar-refractivity contribution in [2.75, 3.05) is 72.2 Å². The van der Waals surface area contributed by atoms with Gasteiger partial charge in [0.15, 0.2) is 17.4 Å². The number of likely N-dealkylation sites (tertiary alicyclic amines) is 2. The average molecular weight is 1430 g/mol. The molecule has 552 valence electrons. The van der Waals surface area contributed by atoms with E-state index in [4.69, 9.17) is 38.0 Å². The predicted molar refractivity (Wildman–Crippen MR) is 387 cm³/mol. The smallest absolute Gasteiger partial charge is 0.347 e. The molecule has 2 saturated carbocycles. The molecule has 1 unspecified atom stereocenters. The number of ether oxygens (including phenoxy) is 7. The van der Waals surface area contributed by atoms with Gasteiger partial charge in [-0.05, 0) is 123 Å². The van der Waals surface area contributed by atoms with Crippen molar-refractivity contribution in [3.63, 3.8) is 0 Å². The zero-order chi connectivity index (χ0) is 70.6. The number of nitrogens with zero attached hydrogens (tertiary/aromatic N) is 4. The maximum atomic E-state index is 13.3. The maximum absolute atomic E-state index is 13.3. The molecule has 3 aromatic carbocycles. The summed E-state index contributed by atoms with van der Waals surface area (Å²) in [6, 6.07) is 21.2. The Kier molecular flexibility index (Phi) is 33.9. The summed E-state index contributed by atoms with van der Waals surface area (Å²) in [5.74, 6) is -2.36. The van der Waals surface area contributed by atoms with E-state index in [1.54, 1.807) is 38.3 Å². The summed E-state index contributed by atoms with van der Waals surface area (Å²) in [6.45, 7) is 12.4. The Balaban J connectivity index is 0.000000283. The van der Waals surface area contributed by atoms with Gasteiger partial charge in [0.05, 0.1) is 64.8 Å². The highest BCUT2D eigenvalue weighted by Gasteiger charge is 2.42. The fraction of sp³-hybridized carbons (Fsp3) is 0.632. The van der Waals surface area contributed by atoms with Crippen molar-refractivity contribution in [2.24, 2.45) is 17.8 Å². The molecule has 9 atom stereocenters. The Hall–Kier alpha value is -6.70. The van der Waals surface area contributed by atoms with Crippen molar-refractivity contribution in [3.05, 3.63) is 95.2 Å². The van der Waals surface area contributed by atoms with Crippen LogP contribution in [0.2, 0.25) is 0 Å². The molecule has 3 N–H and O–H groups in total. The highest BCUT2D eigenvalue weighted by atomic mass is 33.1. The number of carboxylic acids is 1. The third-order valence-electron chi connectivity index (χ3n) is 19.6. The number of hydroxylamine groups is 2. The van der Waals surface area contributed by atoms with Crippen LogP contribution in [0.15, 0.2) is 72.9 Å². The first-order chi connectivity index (χ1) is 47.9. The molecule has 4 aromatic rings. The van der Waals surface area contributed by atoms with E-state index in [0.29, 0.717) is 73.1 Å². The molecular formula is C76H110N6O16S2. The average Bonchev–Trinajstić information content (AvgIpc) is 1.69. The van der Waals surface area contributed by atoms with Gasteiger partial charge in [0.2, 0.25) is 5.91 Å². The molecule has 1 aromatic heterocycles. The summed E-state index contributed by atoms with van der Waals surface area (Å²) in [5.41, 5.74) is 6.13. The molecule has 24 heteroatoms. The van der Waals surface area contributed by atoms with Crippen molar-refractivity contribution >= 4 is 63.2 Å². The lowest BCUT2D eigenvalue weighted by Crippen LogP contribution is -2.46. The minimum atomic E-state index is -1.18. The van der Waals surface area contributed by atoms with E-state index >= 15 is 0 Å². The molecule has 9 rings (SSSR count). The van der Waals surface area contributed by atoms with Crippen LogP contribution >= 0.6 is 21.6 Å². The number of rotatable bonds is 37. The number of carbonyl (C=O) groups is 7. The number of methoxy groups -OCH3 is 3. The standard InChI is InChI=1S/C41H56N4O7S2.C34H50N2O9.CH4/c1-27(2)33(40(47)43-35(41(48)49)24-29-9-12-31(13-10-29)34-15-19-42-44-34)26-54-53-22-18-39(46)52-32-16-20-45(25-32)36-7-5-6-8-38(36)51-21-17-30-11-14-37(50-4)28(3)23-30;1-4-5-6-7-8-11-26(34(40)45-36-31(37)16-17-32(36)38)33(39)44-25-18-20-35(23-25)27-12-9-10-13-28(27)43-21-19-24-14-15-29(41-2)30(22-24)42-3;/h9-15,19,23,27,32-33,35-36,38H,5-8,16-18,20-22,24-26H2,1-4H3,(H,42,44)(H,43,47)(H,48,49);14-15,22,25-28H,4-13,16-21,23H2,1-3H3;1H4/t32-,33+,35+,36-,38-;25-,26?,27-,28-;/m11./s1. The van der Waals surface area contributed by atoms with Crippen LogP contribution in [0.4, 0.5) is 0 Å². The minimum Gasteiger partial charge on any atom is -0.496 e. The van der Waals surface area contributed by atoms with Gasteiger partial charge in [-0.1, -0.05) is 150 Å². The molecular weight excluding hydrogens is 1320 g/mol. The number of benzene rings is 3. The summed E-state index contributed by atoms with van der Waals surface area (Å²) in [4.78, 5) is 98.5. The molecule has 4 heterocycles. The molecule has 3 aliphatic heterocycles. The molecule has 2 aliphatic carbocycles. The topological polar surface area (TPSA) is 264 Å². The molecule has 0 bridgehead atoms. The van der Waals surface area contributed by atoms with Crippen molar-refractivity contribution in [3.8, 4) is 28.5 Å². The van der Waals surface area contributed by atoms with Crippen molar-refractivity contribution in [1.29, 1.82) is 0 Å². The van der Waals surface area contributed by atoms with Gasteiger partial charge in [-0.25, -0.2) is 9.59 Å². The van der Waals surface area contributed by atoms with Gasteiger partial charge in [0.25, 0.3) is 11.8 Å². The molecule has 22 nitrogen and oxygen atoms in total. The highest BCUT2D eigenvalue weighted by molar-refractivity contribution is 8.76. The number of nitrogens with one attached hydrogen (secondary N) is 2. The Morgan fingerprint density at radius 1 is 0.680 bits per heavy atom. The number of aryl methyl sites for hydroxylation is 1. The monoisotopic (exact) mass is 1430 g/mol. The van der Waals surface area contributed by atoms with Crippen LogP contribution in [0.5, 0.6) is 17.2 Å². The summed E-state index contributed by atoms with van der Waals surface area (Å²) in [7, 11) is 8.02. The first-order valence-electron chi connectivity index (χ1n) is 35.8. The third-order valence-corrected chi connectivity index (χ3v) is 22.0. The summed E-state index contributed by atoms with van der Waals surface area (Å²) >= 11 is 0. The number of esters is 2. The zero-order valence-corrected chi connectivity index (χ0v) is 60.7. The third kappa shape index (κ3) is 24.5. The number of aliphatic carboxylic acids is 1. The number of aromatic amines is 1. The first-order valence-corrected chi connectivity index (χ1v) is 38.3. The number of H-pyrrole nitrogens is 1. The van der Waals surface area contributed by atoms with E-state index in [1.165, 1.54) is 29.2 Å². The van der Waals surface area contributed by atoms with Crippen molar-refractivity contribution in [2.45, 2.75) is 219 Å². The maximum Gasteiger partial charge on any atom is 0.347 e. The van der Waals surface area contributed by atoms with Gasteiger partial charge in [-0.3, -0.25) is 38.9 Å². The van der Waals surface area contributed by atoms with Gasteiger partial charge in [0.1, 0.15) is 24.0 Å². The van der Waals surface area contributed by atoms with Crippen LogP contribution in [0.25, 0.3) is 11.3 Å². The van der Waals surface area contributed by atoms with E-state index in [1.807, 2.05) is 68.4 Å². The second-order valence-corrected chi connectivity index (χ2v) is 29.6. The first kappa shape index (κ1) is 80.6. The molecule has 3 amide bonds. The van der Waals surface area contributed by atoms with Crippen LogP contribution in [-0.4, -0.2) is 187 Å². The van der Waals surface area contributed by atoms with Crippen LogP contribution < -0.4 is 19.5 Å². The molecule has 5 aliphatic rings. The summed E-state index contributed by atoms with van der Waals surface area (Å²) < 4.78 is 40.9. The van der Waals surface area contributed by atoms with Gasteiger partial charge < -0.3 is 48.4 Å². The summed E-state index contributed by atoms with van der Waals surface area (Å²) in [5, 5.41) is 20.1. The second-order valence-electron chi connectivity index (χ2n) is 27.0. The largest absolute Gasteiger partial charge is 0.496 e. The molecule has 0 radical (unpaired) electrons. The number of unbranched alkanes of at least 4 members (excludes halogenated alkanes) is 4. The number of amides is 3. The number of imide groups is 1. The van der Waals surface area contributed by atoms with Gasteiger partial charge in [0, 0.05) is 75.2 Å². The van der Waals surface area contributed by atoms with Gasteiger partial charge in [-0.15, -0.1) is 5.06 Å². The highest BCUT2D eigenvalue weighted by Crippen LogP contribution is 2.34. The van der Waals surface area contributed by atoms with Crippen LogP contribution in [0, 0.1) is 24.7 Å². The number of hydrogen-bond acceptors (Lipinski definition) is 20. The molecule has 0 spiro atoms. The van der Waals surface area contributed by atoms with Gasteiger partial charge in [-0.2, -0.15) is 5.10 Å². The molecule has 3 saturated heterocycles. The van der Waals surface area contributed by atoms with E-state index in [9.17, 15) is 38.7 Å². The fourth-order valence-corrected chi connectivity index (χ4v) is 16.4. The fourth-order valence-electron chi connectivity index (χ4n) is 13.9. The van der Waals surface area contributed by atoms with E-state index in [0.717, 1.165) is 137 Å². The lowest BCUT2D eigenvalue weighted by Gasteiger charge is -2.37. The quantitative estimate of drug-likeness (QED) is 0.0125. The van der Waals surface area contributed by atoms with E-state index < -0.39 is 41.7 Å². The Morgan fingerprint density at radius 3 is 1.83 bits per heavy atom. The Bertz CT molecular complexity index is 3200. The minimum absolute atomic E-state index is 0. The van der Waals surface area contributed by atoms with Gasteiger partial charge >= 0.3 is 23.9 Å².